The SMILES string of the molecule is CC(C)C1=CC=CC1c1ncc(OCC2CCN(C(=O)OC(C)(C)C)CC2)cn1. The standard InChI is InChI=1S/C23H33N3O3/c1-16(2)19-7-6-8-20(19)21-24-13-18(14-25-21)28-15-17-9-11-26(12-10-17)22(27)29-23(3,4)5/h6-8,13-14,16-17,20H,9-12,15H2,1-5H3. The molecular formula is C23H33N3O3. The number of allylic oxidation sites excluding steroid dienone is 4. The van der Waals surface area contributed by atoms with Crippen LogP contribution in [-0.2, 0) is 4.74 Å². The Bertz CT molecular complexity index is 755. The number of carbonyl (C=O) groups excluding carboxylic acids is 1. The van der Waals surface area contributed by atoms with E-state index in [1.165, 1.54) is 5.57 Å². The van der Waals surface area contributed by atoms with Gasteiger partial charge in [0.2, 0.25) is 0 Å². The van der Waals surface area contributed by atoms with E-state index in [4.69, 9.17) is 9.47 Å². The summed E-state index contributed by atoms with van der Waals surface area (Å²) in [6.45, 7) is 12.1. The maximum atomic E-state index is 12.2. The first-order valence-corrected chi connectivity index (χ1v) is 10.5. The second-order valence-corrected chi connectivity index (χ2v) is 9.18. The molecule has 2 aliphatic rings. The molecule has 1 unspecified atom stereocenters. The maximum absolute atomic E-state index is 12.2. The Morgan fingerprint density at radius 3 is 2.45 bits per heavy atom. The molecule has 0 spiro atoms. The molecule has 0 aromatic carbocycles. The Kier molecular flexibility index (Phi) is 6.60. The summed E-state index contributed by atoms with van der Waals surface area (Å²) in [5, 5.41) is 0. The van der Waals surface area contributed by atoms with Crippen LogP contribution in [0.15, 0.2) is 36.2 Å². The number of likely N-dealkylation sites (tertiary alicyclic amines) is 1. The van der Waals surface area contributed by atoms with Crippen LogP contribution in [-0.4, -0.2) is 46.3 Å². The molecule has 0 radical (unpaired) electrons. The van der Waals surface area contributed by atoms with E-state index in [1.54, 1.807) is 17.3 Å². The van der Waals surface area contributed by atoms with Gasteiger partial charge in [-0.25, -0.2) is 14.8 Å². The first-order valence-electron chi connectivity index (χ1n) is 10.5. The van der Waals surface area contributed by atoms with E-state index in [0.29, 0.717) is 37.3 Å². The molecule has 6 heteroatoms. The minimum atomic E-state index is -0.455. The van der Waals surface area contributed by atoms with E-state index in [0.717, 1.165) is 18.7 Å². The van der Waals surface area contributed by atoms with Crippen LogP contribution in [0, 0.1) is 11.8 Å². The van der Waals surface area contributed by atoms with Crippen LogP contribution >= 0.6 is 0 Å². The molecule has 0 bridgehead atoms. The molecule has 1 fully saturated rings. The molecular weight excluding hydrogens is 366 g/mol. The number of hydrogen-bond acceptors (Lipinski definition) is 5. The molecule has 3 rings (SSSR count). The van der Waals surface area contributed by atoms with Crippen molar-refractivity contribution in [3.8, 4) is 5.75 Å². The number of piperidine rings is 1. The molecule has 1 amide bonds. The third-order valence-electron chi connectivity index (χ3n) is 5.30. The molecule has 1 aliphatic carbocycles. The summed E-state index contributed by atoms with van der Waals surface area (Å²) in [6, 6.07) is 0. The summed E-state index contributed by atoms with van der Waals surface area (Å²) < 4.78 is 11.4. The first-order chi connectivity index (χ1) is 13.7. The molecule has 1 aliphatic heterocycles. The van der Waals surface area contributed by atoms with Gasteiger partial charge >= 0.3 is 6.09 Å². The lowest BCUT2D eigenvalue weighted by Crippen LogP contribution is -2.42. The summed E-state index contributed by atoms with van der Waals surface area (Å²) in [6.07, 6.45) is 11.5. The van der Waals surface area contributed by atoms with Crippen LogP contribution in [0.1, 0.15) is 59.2 Å². The lowest BCUT2D eigenvalue weighted by molar-refractivity contribution is 0.0165. The Morgan fingerprint density at radius 2 is 1.86 bits per heavy atom. The number of nitrogens with zero attached hydrogens (tertiary/aromatic N) is 3. The number of hydrogen-bond donors (Lipinski definition) is 0. The van der Waals surface area contributed by atoms with Gasteiger partial charge in [-0.1, -0.05) is 37.6 Å². The number of aromatic nitrogens is 2. The molecule has 0 saturated carbocycles. The van der Waals surface area contributed by atoms with Crippen molar-refractivity contribution < 1.29 is 14.3 Å². The van der Waals surface area contributed by atoms with E-state index < -0.39 is 5.60 Å². The fraction of sp³-hybridized carbons (Fsp3) is 0.609. The zero-order valence-electron chi connectivity index (χ0n) is 18.2. The van der Waals surface area contributed by atoms with Crippen molar-refractivity contribution in [3.05, 3.63) is 42.0 Å². The van der Waals surface area contributed by atoms with Crippen molar-refractivity contribution in [1.29, 1.82) is 0 Å². The van der Waals surface area contributed by atoms with E-state index in [-0.39, 0.29) is 12.0 Å². The van der Waals surface area contributed by atoms with Crippen molar-refractivity contribution >= 4 is 6.09 Å². The predicted molar refractivity (Wildman–Crippen MR) is 113 cm³/mol. The van der Waals surface area contributed by atoms with E-state index >= 15 is 0 Å². The quantitative estimate of drug-likeness (QED) is 0.716. The summed E-state index contributed by atoms with van der Waals surface area (Å²) in [5.41, 5.74) is 0.888. The van der Waals surface area contributed by atoms with E-state index in [2.05, 4.69) is 42.0 Å². The van der Waals surface area contributed by atoms with Crippen molar-refractivity contribution in [3.63, 3.8) is 0 Å². The monoisotopic (exact) mass is 399 g/mol. The highest BCUT2D eigenvalue weighted by molar-refractivity contribution is 5.68. The largest absolute Gasteiger partial charge is 0.490 e. The fourth-order valence-electron chi connectivity index (χ4n) is 3.66. The van der Waals surface area contributed by atoms with E-state index in [1.807, 2.05) is 20.8 Å². The van der Waals surface area contributed by atoms with Gasteiger partial charge in [0.25, 0.3) is 0 Å². The van der Waals surface area contributed by atoms with Crippen molar-refractivity contribution in [1.82, 2.24) is 14.9 Å². The van der Waals surface area contributed by atoms with Gasteiger partial charge in [-0.15, -0.1) is 0 Å². The lowest BCUT2D eigenvalue weighted by atomic mass is 9.92. The number of ether oxygens (including phenoxy) is 2. The number of rotatable bonds is 5. The molecule has 1 atom stereocenters. The topological polar surface area (TPSA) is 64.5 Å². The summed E-state index contributed by atoms with van der Waals surface area (Å²) in [4.78, 5) is 23.0. The first kappa shape index (κ1) is 21.3. The van der Waals surface area contributed by atoms with E-state index in [9.17, 15) is 4.79 Å². The molecule has 6 nitrogen and oxygen atoms in total. The van der Waals surface area contributed by atoms with Crippen LogP contribution in [0.4, 0.5) is 4.79 Å². The second kappa shape index (κ2) is 8.97. The van der Waals surface area contributed by atoms with Crippen molar-refractivity contribution in [2.24, 2.45) is 11.8 Å². The highest BCUT2D eigenvalue weighted by atomic mass is 16.6. The maximum Gasteiger partial charge on any atom is 0.410 e. The Morgan fingerprint density at radius 1 is 1.21 bits per heavy atom. The minimum absolute atomic E-state index is 0.168. The number of amides is 1. The van der Waals surface area contributed by atoms with Crippen LogP contribution in [0.3, 0.4) is 0 Å². The molecule has 0 N–H and O–H groups in total. The average molecular weight is 400 g/mol. The van der Waals surface area contributed by atoms with Gasteiger partial charge in [-0.3, -0.25) is 0 Å². The molecule has 158 valence electrons. The molecule has 2 heterocycles. The summed E-state index contributed by atoms with van der Waals surface area (Å²) in [5.74, 6) is 2.57. The predicted octanol–water partition coefficient (Wildman–Crippen LogP) is 4.74. The minimum Gasteiger partial charge on any atom is -0.490 e. The van der Waals surface area contributed by atoms with Crippen molar-refractivity contribution in [2.45, 2.75) is 59.0 Å². The summed E-state index contributed by atoms with van der Waals surface area (Å²) in [7, 11) is 0. The van der Waals surface area contributed by atoms with Crippen LogP contribution in [0.2, 0.25) is 0 Å². The summed E-state index contributed by atoms with van der Waals surface area (Å²) >= 11 is 0. The smallest absolute Gasteiger partial charge is 0.410 e. The molecule has 29 heavy (non-hydrogen) atoms. The van der Waals surface area contributed by atoms with Gasteiger partial charge in [0.15, 0.2) is 5.75 Å². The molecule has 1 saturated heterocycles. The number of carbonyl (C=O) groups is 1. The third kappa shape index (κ3) is 5.81. The van der Waals surface area contributed by atoms with Gasteiger partial charge in [0.1, 0.15) is 11.4 Å². The Labute approximate surface area is 174 Å². The lowest BCUT2D eigenvalue weighted by Gasteiger charge is -2.33. The molecule has 1 aromatic heterocycles. The van der Waals surface area contributed by atoms with Crippen LogP contribution in [0.5, 0.6) is 5.75 Å². The highest BCUT2D eigenvalue weighted by Crippen LogP contribution is 2.33. The normalized spacial score (nSPS) is 20.1. The fourth-order valence-corrected chi connectivity index (χ4v) is 3.66. The zero-order chi connectivity index (χ0) is 21.0. The Hall–Kier alpha value is -2.37. The van der Waals surface area contributed by atoms with Gasteiger partial charge in [0, 0.05) is 13.1 Å². The Balaban J connectivity index is 1.45. The van der Waals surface area contributed by atoms with Crippen molar-refractivity contribution in [2.75, 3.05) is 19.7 Å². The third-order valence-corrected chi connectivity index (χ3v) is 5.30. The van der Waals surface area contributed by atoms with Crippen LogP contribution < -0.4 is 4.74 Å². The second-order valence-electron chi connectivity index (χ2n) is 9.18. The average Bonchev–Trinajstić information content (AvgIpc) is 3.16. The zero-order valence-corrected chi connectivity index (χ0v) is 18.2. The highest BCUT2D eigenvalue weighted by Gasteiger charge is 2.27. The van der Waals surface area contributed by atoms with Gasteiger partial charge in [-0.2, -0.15) is 0 Å². The van der Waals surface area contributed by atoms with Crippen LogP contribution in [0.25, 0.3) is 0 Å². The van der Waals surface area contributed by atoms with Gasteiger partial charge < -0.3 is 14.4 Å². The molecule has 1 aromatic rings. The van der Waals surface area contributed by atoms with Gasteiger partial charge in [-0.05, 0) is 45.4 Å². The van der Waals surface area contributed by atoms with Gasteiger partial charge in [0.05, 0.1) is 24.9 Å².